The number of hydrogen-bond acceptors (Lipinski definition) is 11. The molecular weight excluding hydrogens is 464 g/mol. The first-order valence-corrected chi connectivity index (χ1v) is 12.3. The molecule has 2 aliphatic heterocycles. The van der Waals surface area contributed by atoms with E-state index >= 15 is 0 Å². The average Bonchev–Trinajstić information content (AvgIpc) is 3.06. The van der Waals surface area contributed by atoms with Crippen molar-refractivity contribution >= 4 is 0 Å². The summed E-state index contributed by atoms with van der Waals surface area (Å²) in [5, 5.41) is 70.4. The summed E-state index contributed by atoms with van der Waals surface area (Å²) >= 11 is 0. The van der Waals surface area contributed by atoms with Crippen LogP contribution in [-0.2, 0) is 18.9 Å². The molecule has 11 nitrogen and oxygen atoms in total. The van der Waals surface area contributed by atoms with Crippen LogP contribution in [0.15, 0.2) is 11.1 Å². The Morgan fingerprint density at radius 3 is 2.34 bits per heavy atom. The van der Waals surface area contributed by atoms with Gasteiger partial charge in [-0.3, -0.25) is 0 Å². The highest BCUT2D eigenvalue weighted by Crippen LogP contribution is 2.44. The van der Waals surface area contributed by atoms with Crippen LogP contribution in [-0.4, -0.2) is 116 Å². The summed E-state index contributed by atoms with van der Waals surface area (Å²) in [4.78, 5) is 0. The Hall–Kier alpha value is -0.700. The van der Waals surface area contributed by atoms with Crippen LogP contribution in [0.25, 0.3) is 0 Å². The first-order valence-electron chi connectivity index (χ1n) is 12.3. The highest BCUT2D eigenvalue weighted by atomic mass is 16.7. The first-order chi connectivity index (χ1) is 16.3. The molecule has 3 aliphatic rings. The second-order valence-corrected chi connectivity index (χ2v) is 10.9. The van der Waals surface area contributed by atoms with Gasteiger partial charge in [0.15, 0.2) is 12.6 Å². The summed E-state index contributed by atoms with van der Waals surface area (Å²) in [6.45, 7) is 6.64. The van der Waals surface area contributed by atoms with Crippen LogP contribution < -0.4 is 0 Å². The maximum absolute atomic E-state index is 10.5. The molecule has 0 aromatic rings. The topological polar surface area (TPSA) is 179 Å². The van der Waals surface area contributed by atoms with E-state index in [4.69, 9.17) is 18.9 Å². The molecule has 2 saturated heterocycles. The zero-order chi connectivity index (χ0) is 26.1. The fourth-order valence-corrected chi connectivity index (χ4v) is 5.29. The van der Waals surface area contributed by atoms with Gasteiger partial charge in [-0.15, -0.1) is 0 Å². The van der Waals surface area contributed by atoms with E-state index in [9.17, 15) is 35.7 Å². The van der Waals surface area contributed by atoms with E-state index in [1.54, 1.807) is 6.92 Å². The molecule has 3 rings (SSSR count). The first kappa shape index (κ1) is 28.9. The molecule has 10 atom stereocenters. The summed E-state index contributed by atoms with van der Waals surface area (Å²) < 4.78 is 22.5. The molecule has 204 valence electrons. The number of rotatable bonds is 9. The van der Waals surface area contributed by atoms with Gasteiger partial charge in [-0.05, 0) is 44.9 Å². The zero-order valence-corrected chi connectivity index (χ0v) is 20.9. The van der Waals surface area contributed by atoms with Gasteiger partial charge in [-0.25, -0.2) is 0 Å². The molecule has 2 fully saturated rings. The molecule has 11 heteroatoms. The van der Waals surface area contributed by atoms with Gasteiger partial charge >= 0.3 is 0 Å². The molecule has 7 N–H and O–H groups in total. The summed E-state index contributed by atoms with van der Waals surface area (Å²) in [6, 6.07) is 0. The number of ether oxygens (including phenoxy) is 4. The Labute approximate surface area is 205 Å². The molecule has 10 unspecified atom stereocenters. The minimum Gasteiger partial charge on any atom is -0.393 e. The van der Waals surface area contributed by atoms with Gasteiger partial charge in [0, 0.05) is 0 Å². The van der Waals surface area contributed by atoms with Crippen LogP contribution in [0.3, 0.4) is 0 Å². The predicted molar refractivity (Wildman–Crippen MR) is 122 cm³/mol. The van der Waals surface area contributed by atoms with Crippen molar-refractivity contribution in [3.05, 3.63) is 11.1 Å². The quantitative estimate of drug-likeness (QED) is 0.189. The molecule has 0 aromatic heterocycles. The Bertz CT molecular complexity index is 741. The lowest BCUT2D eigenvalue weighted by Crippen LogP contribution is -2.60. The summed E-state index contributed by atoms with van der Waals surface area (Å²) in [5.41, 5.74) is 0.386. The van der Waals surface area contributed by atoms with Crippen molar-refractivity contribution in [1.29, 1.82) is 0 Å². The van der Waals surface area contributed by atoms with Gasteiger partial charge in [0.1, 0.15) is 36.1 Å². The van der Waals surface area contributed by atoms with E-state index in [0.717, 1.165) is 12.0 Å². The SMILES string of the molecule is CC1=C(CCC(C)O)C(C)(C)CC(OC2OC(COC3OCC(O)(CO)C3O)C(O)C(O)C2O)C1. The standard InChI is InChI=1S/C24H42O11/c1-12-7-14(8-23(3,4)15(12)6-5-13(2)26)34-21-19(29)18(28)17(27)16(35-21)9-32-22-20(30)24(31,10-25)11-33-22/h13-14,16-22,25-31H,5-11H2,1-4H3. The van der Waals surface area contributed by atoms with Gasteiger partial charge in [0.2, 0.25) is 0 Å². The van der Waals surface area contributed by atoms with Gasteiger partial charge in [-0.1, -0.05) is 25.0 Å². The van der Waals surface area contributed by atoms with E-state index in [-0.39, 0.29) is 30.8 Å². The maximum Gasteiger partial charge on any atom is 0.186 e. The number of aliphatic hydroxyl groups is 7. The lowest BCUT2D eigenvalue weighted by molar-refractivity contribution is -0.320. The maximum atomic E-state index is 10.5. The summed E-state index contributed by atoms with van der Waals surface area (Å²) in [6.07, 6.45) is -7.61. The van der Waals surface area contributed by atoms with Crippen molar-refractivity contribution in [2.45, 2.75) is 114 Å². The largest absolute Gasteiger partial charge is 0.393 e. The fraction of sp³-hybridized carbons (Fsp3) is 0.917. The van der Waals surface area contributed by atoms with Crippen LogP contribution in [0.2, 0.25) is 0 Å². The van der Waals surface area contributed by atoms with Gasteiger partial charge in [-0.2, -0.15) is 0 Å². The van der Waals surface area contributed by atoms with Crippen molar-refractivity contribution < 1.29 is 54.7 Å². The van der Waals surface area contributed by atoms with E-state index in [0.29, 0.717) is 19.3 Å². The number of allylic oxidation sites excluding steroid dienone is 1. The van der Waals surface area contributed by atoms with E-state index in [1.807, 2.05) is 6.92 Å². The molecule has 2 heterocycles. The Morgan fingerprint density at radius 2 is 1.77 bits per heavy atom. The second kappa shape index (κ2) is 11.4. The van der Waals surface area contributed by atoms with Crippen molar-refractivity contribution in [3.63, 3.8) is 0 Å². The highest BCUT2D eigenvalue weighted by Gasteiger charge is 2.50. The normalized spacial score (nSPS) is 42.9. The van der Waals surface area contributed by atoms with Crippen molar-refractivity contribution in [1.82, 2.24) is 0 Å². The molecule has 0 saturated carbocycles. The molecule has 0 spiro atoms. The van der Waals surface area contributed by atoms with Crippen LogP contribution >= 0.6 is 0 Å². The smallest absolute Gasteiger partial charge is 0.186 e. The molecule has 0 amide bonds. The monoisotopic (exact) mass is 506 g/mol. The van der Waals surface area contributed by atoms with Crippen LogP contribution in [0.1, 0.15) is 53.4 Å². The Kier molecular flexibility index (Phi) is 9.37. The van der Waals surface area contributed by atoms with Crippen molar-refractivity contribution in [2.75, 3.05) is 19.8 Å². The van der Waals surface area contributed by atoms with Crippen molar-refractivity contribution in [2.24, 2.45) is 5.41 Å². The molecule has 0 bridgehead atoms. The minimum atomic E-state index is -1.86. The molecule has 0 aromatic carbocycles. The third kappa shape index (κ3) is 6.42. The van der Waals surface area contributed by atoms with E-state index < -0.39 is 55.3 Å². The predicted octanol–water partition coefficient (Wildman–Crippen LogP) is -1.07. The zero-order valence-electron chi connectivity index (χ0n) is 20.9. The highest BCUT2D eigenvalue weighted by molar-refractivity contribution is 5.24. The minimum absolute atomic E-state index is 0.193. The molecule has 0 radical (unpaired) electrons. The van der Waals surface area contributed by atoms with E-state index in [2.05, 4.69) is 13.8 Å². The van der Waals surface area contributed by atoms with Crippen LogP contribution in [0.5, 0.6) is 0 Å². The van der Waals surface area contributed by atoms with E-state index in [1.165, 1.54) is 5.57 Å². The van der Waals surface area contributed by atoms with Crippen LogP contribution in [0.4, 0.5) is 0 Å². The third-order valence-electron chi connectivity index (χ3n) is 7.42. The average molecular weight is 507 g/mol. The fourth-order valence-electron chi connectivity index (χ4n) is 5.29. The van der Waals surface area contributed by atoms with Crippen molar-refractivity contribution in [3.8, 4) is 0 Å². The molecule has 1 aliphatic carbocycles. The second-order valence-electron chi connectivity index (χ2n) is 10.9. The Morgan fingerprint density at radius 1 is 1.09 bits per heavy atom. The Balaban J connectivity index is 1.62. The third-order valence-corrected chi connectivity index (χ3v) is 7.42. The summed E-state index contributed by atoms with van der Waals surface area (Å²) in [7, 11) is 0. The van der Waals surface area contributed by atoms with Gasteiger partial charge in [0.25, 0.3) is 0 Å². The lowest BCUT2D eigenvalue weighted by atomic mass is 9.70. The summed E-state index contributed by atoms with van der Waals surface area (Å²) in [5.74, 6) is 0. The van der Waals surface area contributed by atoms with Crippen LogP contribution in [0, 0.1) is 5.41 Å². The number of aliphatic hydroxyl groups excluding tert-OH is 6. The molecular formula is C24H42O11. The molecule has 35 heavy (non-hydrogen) atoms. The lowest BCUT2D eigenvalue weighted by Gasteiger charge is -2.44. The number of hydrogen-bond donors (Lipinski definition) is 7. The van der Waals surface area contributed by atoms with Gasteiger partial charge in [0.05, 0.1) is 32.0 Å². The van der Waals surface area contributed by atoms with Gasteiger partial charge < -0.3 is 54.7 Å².